The first-order chi connectivity index (χ1) is 8.49. The first kappa shape index (κ1) is 22.3. The van der Waals surface area contributed by atoms with E-state index in [1.807, 2.05) is 14.1 Å². The van der Waals surface area contributed by atoms with Crippen LogP contribution in [0.25, 0.3) is 0 Å². The Balaban J connectivity index is 0. The van der Waals surface area contributed by atoms with Crippen molar-refractivity contribution >= 4 is 30.7 Å². The second-order valence-electron chi connectivity index (χ2n) is 6.06. The summed E-state index contributed by atoms with van der Waals surface area (Å²) < 4.78 is 0. The molecule has 0 heterocycles. The zero-order chi connectivity index (χ0) is 13.6. The predicted molar refractivity (Wildman–Crippen MR) is 89.8 cm³/mol. The van der Waals surface area contributed by atoms with Gasteiger partial charge in [0.15, 0.2) is 0 Å². The van der Waals surface area contributed by atoms with Crippen molar-refractivity contribution in [2.24, 2.45) is 11.1 Å². The average Bonchev–Trinajstić information content (AvgIpc) is 2.36. The van der Waals surface area contributed by atoms with Gasteiger partial charge in [-0.3, -0.25) is 4.79 Å². The van der Waals surface area contributed by atoms with Crippen LogP contribution in [0.4, 0.5) is 0 Å². The normalized spacial score (nSPS) is 18.6. The Morgan fingerprint density at radius 1 is 1.25 bits per heavy atom. The molecule has 1 rings (SSSR count). The second kappa shape index (κ2) is 10.7. The molecule has 0 saturated heterocycles. The van der Waals surface area contributed by atoms with Gasteiger partial charge in [-0.05, 0) is 45.8 Å². The molecule has 0 spiro atoms. The number of carbonyl (C=O) groups is 1. The van der Waals surface area contributed by atoms with Gasteiger partial charge in [-0.2, -0.15) is 0 Å². The molecule has 0 aromatic heterocycles. The summed E-state index contributed by atoms with van der Waals surface area (Å²) in [6.07, 6.45) is 6.56. The lowest BCUT2D eigenvalue weighted by atomic mass is 9.71. The fraction of sp³-hybridized carbons (Fsp3) is 0.929. The number of hydrogen-bond donors (Lipinski definition) is 2. The molecular weight excluding hydrogens is 297 g/mol. The third kappa shape index (κ3) is 7.11. The Kier molecular flexibility index (Phi) is 11.9. The van der Waals surface area contributed by atoms with Crippen molar-refractivity contribution in [3.8, 4) is 0 Å². The predicted octanol–water partition coefficient (Wildman–Crippen LogP) is 2.20. The summed E-state index contributed by atoms with van der Waals surface area (Å²) >= 11 is 0. The standard InChI is InChI=1S/C14H29N3O.2ClH/c1-12(17(2)3)10-16-13(18)9-14(11-15)7-5-4-6-8-14;;/h12H,4-11,15H2,1-3H3,(H,16,18);2*1H. The molecule has 122 valence electrons. The van der Waals surface area contributed by atoms with Crippen molar-refractivity contribution in [1.29, 1.82) is 0 Å². The smallest absolute Gasteiger partial charge is 0.220 e. The van der Waals surface area contributed by atoms with Crippen molar-refractivity contribution in [2.45, 2.75) is 51.5 Å². The van der Waals surface area contributed by atoms with Crippen LogP contribution in [0, 0.1) is 5.41 Å². The first-order valence-corrected chi connectivity index (χ1v) is 7.12. The number of nitrogens with two attached hydrogens (primary N) is 1. The molecule has 1 unspecified atom stereocenters. The molecular formula is C14H31Cl2N3O. The van der Waals surface area contributed by atoms with E-state index < -0.39 is 0 Å². The molecule has 4 nitrogen and oxygen atoms in total. The molecule has 6 heteroatoms. The summed E-state index contributed by atoms with van der Waals surface area (Å²) in [7, 11) is 4.05. The Hall–Kier alpha value is -0.0300. The van der Waals surface area contributed by atoms with E-state index in [1.54, 1.807) is 0 Å². The fourth-order valence-corrected chi connectivity index (χ4v) is 2.60. The number of rotatable bonds is 6. The van der Waals surface area contributed by atoms with Gasteiger partial charge < -0.3 is 16.0 Å². The molecule has 1 atom stereocenters. The number of nitrogens with one attached hydrogen (secondary N) is 1. The number of hydrogen-bond acceptors (Lipinski definition) is 3. The highest BCUT2D eigenvalue weighted by molar-refractivity contribution is 5.85. The molecule has 1 aliphatic rings. The highest BCUT2D eigenvalue weighted by Gasteiger charge is 2.32. The molecule has 0 radical (unpaired) electrons. The Morgan fingerprint density at radius 2 is 1.80 bits per heavy atom. The maximum absolute atomic E-state index is 12.0. The molecule has 0 aromatic carbocycles. The van der Waals surface area contributed by atoms with Crippen LogP contribution < -0.4 is 11.1 Å². The minimum Gasteiger partial charge on any atom is -0.355 e. The number of halogens is 2. The number of carbonyl (C=O) groups excluding carboxylic acids is 1. The Bertz CT molecular complexity index is 269. The van der Waals surface area contributed by atoms with Crippen molar-refractivity contribution in [1.82, 2.24) is 10.2 Å². The van der Waals surface area contributed by atoms with Gasteiger partial charge in [0.1, 0.15) is 0 Å². The largest absolute Gasteiger partial charge is 0.355 e. The topological polar surface area (TPSA) is 58.4 Å². The van der Waals surface area contributed by atoms with Gasteiger partial charge in [-0.1, -0.05) is 19.3 Å². The van der Waals surface area contributed by atoms with E-state index in [9.17, 15) is 4.79 Å². The van der Waals surface area contributed by atoms with Crippen LogP contribution in [0.1, 0.15) is 45.4 Å². The lowest BCUT2D eigenvalue weighted by Gasteiger charge is -2.35. The van der Waals surface area contributed by atoms with E-state index in [0.29, 0.717) is 25.6 Å². The lowest BCUT2D eigenvalue weighted by molar-refractivity contribution is -0.124. The molecule has 1 fully saturated rings. The first-order valence-electron chi connectivity index (χ1n) is 7.12. The zero-order valence-electron chi connectivity index (χ0n) is 13.0. The van der Waals surface area contributed by atoms with E-state index in [4.69, 9.17) is 5.73 Å². The van der Waals surface area contributed by atoms with E-state index in [0.717, 1.165) is 12.8 Å². The van der Waals surface area contributed by atoms with Crippen molar-refractivity contribution in [3.05, 3.63) is 0 Å². The number of amides is 1. The van der Waals surface area contributed by atoms with Crippen LogP contribution in [0.15, 0.2) is 0 Å². The third-order valence-electron chi connectivity index (χ3n) is 4.36. The van der Waals surface area contributed by atoms with E-state index >= 15 is 0 Å². The second-order valence-corrected chi connectivity index (χ2v) is 6.06. The van der Waals surface area contributed by atoms with Crippen LogP contribution in [-0.4, -0.2) is 44.0 Å². The summed E-state index contributed by atoms with van der Waals surface area (Å²) in [5.41, 5.74) is 5.98. The number of nitrogens with zero attached hydrogens (tertiary/aromatic N) is 1. The molecule has 1 amide bonds. The van der Waals surface area contributed by atoms with Crippen LogP contribution in [0.2, 0.25) is 0 Å². The minimum atomic E-state index is 0. The molecule has 0 bridgehead atoms. The van der Waals surface area contributed by atoms with Gasteiger partial charge in [0.25, 0.3) is 0 Å². The van der Waals surface area contributed by atoms with Crippen LogP contribution >= 0.6 is 24.8 Å². The van der Waals surface area contributed by atoms with Gasteiger partial charge in [-0.25, -0.2) is 0 Å². The third-order valence-corrected chi connectivity index (χ3v) is 4.36. The van der Waals surface area contributed by atoms with Crippen molar-refractivity contribution in [3.63, 3.8) is 0 Å². The SMILES string of the molecule is CC(CNC(=O)CC1(CN)CCCCC1)N(C)C.Cl.Cl. The molecule has 0 aromatic rings. The van der Waals surface area contributed by atoms with Crippen molar-refractivity contribution < 1.29 is 4.79 Å². The monoisotopic (exact) mass is 327 g/mol. The maximum Gasteiger partial charge on any atom is 0.220 e. The van der Waals surface area contributed by atoms with E-state index in [2.05, 4.69) is 17.1 Å². The van der Waals surface area contributed by atoms with Crippen LogP contribution in [0.5, 0.6) is 0 Å². The quantitative estimate of drug-likeness (QED) is 0.786. The van der Waals surface area contributed by atoms with Gasteiger partial charge in [-0.15, -0.1) is 24.8 Å². The van der Waals surface area contributed by atoms with Gasteiger partial charge in [0.2, 0.25) is 5.91 Å². The van der Waals surface area contributed by atoms with E-state index in [1.165, 1.54) is 19.3 Å². The van der Waals surface area contributed by atoms with Crippen LogP contribution in [-0.2, 0) is 4.79 Å². The number of likely N-dealkylation sites (N-methyl/N-ethyl adjacent to an activating group) is 1. The van der Waals surface area contributed by atoms with Gasteiger partial charge in [0.05, 0.1) is 0 Å². The van der Waals surface area contributed by atoms with Gasteiger partial charge >= 0.3 is 0 Å². The zero-order valence-corrected chi connectivity index (χ0v) is 14.6. The fourth-order valence-electron chi connectivity index (χ4n) is 2.60. The lowest BCUT2D eigenvalue weighted by Crippen LogP contribution is -2.42. The molecule has 20 heavy (non-hydrogen) atoms. The average molecular weight is 328 g/mol. The van der Waals surface area contributed by atoms with Gasteiger partial charge in [0, 0.05) is 19.0 Å². The summed E-state index contributed by atoms with van der Waals surface area (Å²) in [4.78, 5) is 14.1. The molecule has 1 aliphatic carbocycles. The van der Waals surface area contributed by atoms with Crippen molar-refractivity contribution in [2.75, 3.05) is 27.2 Å². The van der Waals surface area contributed by atoms with Crippen LogP contribution in [0.3, 0.4) is 0 Å². The summed E-state index contributed by atoms with van der Waals surface area (Å²) in [5.74, 6) is 0.163. The highest BCUT2D eigenvalue weighted by Crippen LogP contribution is 2.38. The molecule has 3 N–H and O–H groups in total. The molecule has 1 saturated carbocycles. The Labute approximate surface area is 136 Å². The van der Waals surface area contributed by atoms with E-state index in [-0.39, 0.29) is 36.1 Å². The highest BCUT2D eigenvalue weighted by atomic mass is 35.5. The minimum absolute atomic E-state index is 0. The summed E-state index contributed by atoms with van der Waals surface area (Å²) in [6.45, 7) is 3.47. The Morgan fingerprint density at radius 3 is 2.25 bits per heavy atom. The summed E-state index contributed by atoms with van der Waals surface area (Å²) in [6, 6.07) is 0.370. The molecule has 0 aliphatic heterocycles. The maximum atomic E-state index is 12.0. The summed E-state index contributed by atoms with van der Waals surface area (Å²) in [5, 5.41) is 3.03.